The molecule has 1 aromatic heterocycles. The van der Waals surface area contributed by atoms with Gasteiger partial charge in [-0.1, -0.05) is 5.16 Å². The summed E-state index contributed by atoms with van der Waals surface area (Å²) in [6.45, 7) is 0.109. The predicted octanol–water partition coefficient (Wildman–Crippen LogP) is 1.59. The Morgan fingerprint density at radius 2 is 2.29 bits per heavy atom. The van der Waals surface area contributed by atoms with Gasteiger partial charge in [0, 0.05) is 12.7 Å². The molecule has 1 aromatic carbocycles. The van der Waals surface area contributed by atoms with Crippen molar-refractivity contribution in [2.24, 2.45) is 0 Å². The Balaban J connectivity index is 2.36. The maximum atomic E-state index is 8.91. The zero-order valence-electron chi connectivity index (χ0n) is 9.08. The number of nitriles is 1. The van der Waals surface area contributed by atoms with Crippen molar-refractivity contribution in [2.75, 3.05) is 13.9 Å². The van der Waals surface area contributed by atoms with Crippen molar-refractivity contribution in [2.45, 2.75) is 0 Å². The topological polar surface area (TPSA) is 81.2 Å². The Labute approximate surface area is 97.4 Å². The molecule has 0 aliphatic carbocycles. The largest absolute Gasteiger partial charge is 0.467 e. The lowest BCUT2D eigenvalue weighted by molar-refractivity contribution is 0.0511. The van der Waals surface area contributed by atoms with Gasteiger partial charge in [-0.05, 0) is 18.2 Å². The molecule has 0 N–H and O–H groups in total. The maximum Gasteiger partial charge on any atom is 0.257 e. The van der Waals surface area contributed by atoms with Crippen molar-refractivity contribution in [1.82, 2.24) is 10.1 Å². The SMILES string of the molecule is COCOc1cc(C#N)cc(-c2ncno2)c1. The summed E-state index contributed by atoms with van der Waals surface area (Å²) in [4.78, 5) is 3.91. The maximum absolute atomic E-state index is 8.91. The van der Waals surface area contributed by atoms with Gasteiger partial charge in [0.05, 0.1) is 11.6 Å². The van der Waals surface area contributed by atoms with Gasteiger partial charge in [0.2, 0.25) is 0 Å². The van der Waals surface area contributed by atoms with Crippen LogP contribution in [0.5, 0.6) is 5.75 Å². The van der Waals surface area contributed by atoms with E-state index in [1.807, 2.05) is 6.07 Å². The summed E-state index contributed by atoms with van der Waals surface area (Å²) in [6.07, 6.45) is 1.30. The molecule has 0 aliphatic heterocycles. The van der Waals surface area contributed by atoms with Gasteiger partial charge in [-0.15, -0.1) is 0 Å². The molecule has 0 bridgehead atoms. The highest BCUT2D eigenvalue weighted by atomic mass is 16.7. The van der Waals surface area contributed by atoms with Gasteiger partial charge >= 0.3 is 0 Å². The third-order valence-corrected chi connectivity index (χ3v) is 1.99. The number of nitrogens with zero attached hydrogens (tertiary/aromatic N) is 3. The zero-order valence-corrected chi connectivity index (χ0v) is 9.08. The fourth-order valence-electron chi connectivity index (χ4n) is 1.30. The van der Waals surface area contributed by atoms with E-state index in [0.29, 0.717) is 22.8 Å². The quantitative estimate of drug-likeness (QED) is 0.743. The first-order valence-corrected chi connectivity index (χ1v) is 4.77. The van der Waals surface area contributed by atoms with E-state index in [1.54, 1.807) is 18.2 Å². The van der Waals surface area contributed by atoms with Crippen molar-refractivity contribution < 1.29 is 14.0 Å². The van der Waals surface area contributed by atoms with E-state index in [1.165, 1.54) is 13.4 Å². The van der Waals surface area contributed by atoms with Gasteiger partial charge in [-0.2, -0.15) is 10.2 Å². The van der Waals surface area contributed by atoms with Gasteiger partial charge in [0.15, 0.2) is 13.1 Å². The first kappa shape index (κ1) is 11.1. The second kappa shape index (κ2) is 5.09. The lowest BCUT2D eigenvalue weighted by atomic mass is 10.1. The Bertz CT molecular complexity index is 531. The van der Waals surface area contributed by atoms with Crippen molar-refractivity contribution in [3.8, 4) is 23.3 Å². The third kappa shape index (κ3) is 2.59. The summed E-state index contributed by atoms with van der Waals surface area (Å²) < 4.78 is 15.0. The lowest BCUT2D eigenvalue weighted by Crippen LogP contribution is -1.99. The van der Waals surface area contributed by atoms with Crippen LogP contribution in [-0.2, 0) is 4.74 Å². The van der Waals surface area contributed by atoms with E-state index in [0.717, 1.165) is 0 Å². The molecule has 0 amide bonds. The molecule has 6 nitrogen and oxygen atoms in total. The van der Waals surface area contributed by atoms with Crippen molar-refractivity contribution >= 4 is 0 Å². The summed E-state index contributed by atoms with van der Waals surface area (Å²) in [7, 11) is 1.52. The molecule has 6 heteroatoms. The minimum absolute atomic E-state index is 0.109. The monoisotopic (exact) mass is 231 g/mol. The average Bonchev–Trinajstić information content (AvgIpc) is 2.89. The second-order valence-electron chi connectivity index (χ2n) is 3.16. The lowest BCUT2D eigenvalue weighted by Gasteiger charge is -2.05. The van der Waals surface area contributed by atoms with Gasteiger partial charge in [0.25, 0.3) is 5.89 Å². The van der Waals surface area contributed by atoms with E-state index in [9.17, 15) is 0 Å². The van der Waals surface area contributed by atoms with Gasteiger partial charge in [0.1, 0.15) is 5.75 Å². The van der Waals surface area contributed by atoms with Crippen molar-refractivity contribution in [1.29, 1.82) is 5.26 Å². The fraction of sp³-hybridized carbons (Fsp3) is 0.182. The molecule has 0 radical (unpaired) electrons. The summed E-state index contributed by atoms with van der Waals surface area (Å²) in [6, 6.07) is 6.99. The number of benzene rings is 1. The van der Waals surface area contributed by atoms with E-state index in [2.05, 4.69) is 10.1 Å². The standard InChI is InChI=1S/C11H9N3O3/c1-15-7-16-10-3-8(5-12)2-9(4-10)11-13-6-14-17-11/h2-4,6H,7H2,1H3. The molecular formula is C11H9N3O3. The van der Waals surface area contributed by atoms with E-state index >= 15 is 0 Å². The average molecular weight is 231 g/mol. The summed E-state index contributed by atoms with van der Waals surface area (Å²) in [5.74, 6) is 0.850. The van der Waals surface area contributed by atoms with Crippen LogP contribution in [0.25, 0.3) is 11.5 Å². The van der Waals surface area contributed by atoms with Crippen LogP contribution in [0.2, 0.25) is 0 Å². The van der Waals surface area contributed by atoms with Crippen LogP contribution in [0.15, 0.2) is 29.0 Å². The predicted molar refractivity (Wildman–Crippen MR) is 57.0 cm³/mol. The molecule has 0 atom stereocenters. The summed E-state index contributed by atoms with van der Waals surface area (Å²) >= 11 is 0. The number of aromatic nitrogens is 2. The van der Waals surface area contributed by atoms with Crippen LogP contribution in [-0.4, -0.2) is 24.0 Å². The first-order valence-electron chi connectivity index (χ1n) is 4.77. The minimum Gasteiger partial charge on any atom is -0.467 e. The molecule has 0 saturated carbocycles. The fourth-order valence-corrected chi connectivity index (χ4v) is 1.30. The van der Waals surface area contributed by atoms with Crippen LogP contribution in [0.3, 0.4) is 0 Å². The van der Waals surface area contributed by atoms with Gasteiger partial charge in [-0.3, -0.25) is 0 Å². The van der Waals surface area contributed by atoms with Gasteiger partial charge < -0.3 is 14.0 Å². The molecule has 0 fully saturated rings. The number of ether oxygens (including phenoxy) is 2. The van der Waals surface area contributed by atoms with E-state index < -0.39 is 0 Å². The number of methoxy groups -OCH3 is 1. The molecule has 2 aromatic rings. The van der Waals surface area contributed by atoms with Crippen LogP contribution in [0, 0.1) is 11.3 Å². The van der Waals surface area contributed by atoms with Crippen molar-refractivity contribution in [3.63, 3.8) is 0 Å². The normalized spacial score (nSPS) is 9.88. The van der Waals surface area contributed by atoms with Crippen LogP contribution in [0.4, 0.5) is 0 Å². The Morgan fingerprint density at radius 3 is 2.94 bits per heavy atom. The number of hydrogen-bond acceptors (Lipinski definition) is 6. The number of hydrogen-bond donors (Lipinski definition) is 0. The Morgan fingerprint density at radius 1 is 1.41 bits per heavy atom. The molecule has 0 unspecified atom stereocenters. The molecule has 86 valence electrons. The Hall–Kier alpha value is -2.39. The molecule has 1 heterocycles. The smallest absolute Gasteiger partial charge is 0.257 e. The van der Waals surface area contributed by atoms with Crippen LogP contribution in [0.1, 0.15) is 5.56 Å². The molecule has 0 saturated heterocycles. The highest BCUT2D eigenvalue weighted by molar-refractivity contribution is 5.59. The molecular weight excluding hydrogens is 222 g/mol. The highest BCUT2D eigenvalue weighted by Crippen LogP contribution is 2.24. The highest BCUT2D eigenvalue weighted by Gasteiger charge is 2.08. The zero-order chi connectivity index (χ0) is 12.1. The van der Waals surface area contributed by atoms with Gasteiger partial charge in [-0.25, -0.2) is 0 Å². The van der Waals surface area contributed by atoms with Crippen molar-refractivity contribution in [3.05, 3.63) is 30.1 Å². The first-order chi connectivity index (χ1) is 8.33. The molecule has 0 spiro atoms. The molecule has 17 heavy (non-hydrogen) atoms. The van der Waals surface area contributed by atoms with Crippen LogP contribution >= 0.6 is 0 Å². The second-order valence-corrected chi connectivity index (χ2v) is 3.16. The molecule has 2 rings (SSSR count). The molecule has 0 aliphatic rings. The van der Waals surface area contributed by atoms with E-state index in [-0.39, 0.29) is 6.79 Å². The van der Waals surface area contributed by atoms with Crippen LogP contribution < -0.4 is 4.74 Å². The number of rotatable bonds is 4. The Kier molecular flexibility index (Phi) is 3.33. The third-order valence-electron chi connectivity index (χ3n) is 1.99. The summed E-state index contributed by atoms with van der Waals surface area (Å²) in [5, 5.41) is 12.4. The van der Waals surface area contributed by atoms with E-state index in [4.69, 9.17) is 19.3 Å². The minimum atomic E-state index is 0.109. The summed E-state index contributed by atoms with van der Waals surface area (Å²) in [5.41, 5.74) is 1.08.